The highest BCUT2D eigenvalue weighted by atomic mass is 35.5. The fraction of sp³-hybridized carbons (Fsp3) is 0.250. The SMILES string of the molecule is COC(=O)c1cc(C)sc1NC(=S)NCCc1ccc(Cl)cc1. The van der Waals surface area contributed by atoms with E-state index >= 15 is 0 Å². The Kier molecular flexibility index (Phi) is 6.38. The summed E-state index contributed by atoms with van der Waals surface area (Å²) in [7, 11) is 1.36. The van der Waals surface area contributed by atoms with Crippen LogP contribution in [-0.2, 0) is 11.2 Å². The van der Waals surface area contributed by atoms with Crippen molar-refractivity contribution in [1.29, 1.82) is 0 Å². The standard InChI is InChI=1S/C16H17ClN2O2S2/c1-10-9-13(15(20)21-2)14(23-10)19-16(22)18-8-7-11-3-5-12(17)6-4-11/h3-6,9H,7-8H2,1-2H3,(H2,18,19,22). The largest absolute Gasteiger partial charge is 0.465 e. The quantitative estimate of drug-likeness (QED) is 0.616. The predicted octanol–water partition coefficient (Wildman–Crippen LogP) is 4.03. The third-order valence-electron chi connectivity index (χ3n) is 3.10. The molecular formula is C16H17ClN2O2S2. The Balaban J connectivity index is 1.87. The molecule has 2 rings (SSSR count). The first-order valence-electron chi connectivity index (χ1n) is 6.97. The summed E-state index contributed by atoms with van der Waals surface area (Å²) in [6.45, 7) is 2.62. The van der Waals surface area contributed by atoms with E-state index in [1.54, 1.807) is 6.07 Å². The lowest BCUT2D eigenvalue weighted by molar-refractivity contribution is 0.0602. The zero-order chi connectivity index (χ0) is 16.8. The lowest BCUT2D eigenvalue weighted by Crippen LogP contribution is -2.30. The van der Waals surface area contributed by atoms with Gasteiger partial charge in [-0.25, -0.2) is 4.79 Å². The summed E-state index contributed by atoms with van der Waals surface area (Å²) in [6, 6.07) is 9.49. The number of ether oxygens (including phenoxy) is 1. The number of carbonyl (C=O) groups excluding carboxylic acids is 1. The normalized spacial score (nSPS) is 10.2. The number of benzene rings is 1. The van der Waals surface area contributed by atoms with Crippen molar-refractivity contribution < 1.29 is 9.53 Å². The second-order valence-electron chi connectivity index (χ2n) is 4.85. The third-order valence-corrected chi connectivity index (χ3v) is 4.56. The van der Waals surface area contributed by atoms with E-state index in [4.69, 9.17) is 28.6 Å². The maximum Gasteiger partial charge on any atom is 0.340 e. The Morgan fingerprint density at radius 3 is 2.70 bits per heavy atom. The lowest BCUT2D eigenvalue weighted by atomic mass is 10.1. The molecule has 0 bridgehead atoms. The molecular weight excluding hydrogens is 352 g/mol. The van der Waals surface area contributed by atoms with Crippen molar-refractivity contribution in [3.8, 4) is 0 Å². The molecule has 4 nitrogen and oxygen atoms in total. The summed E-state index contributed by atoms with van der Waals surface area (Å²) < 4.78 is 4.77. The minimum Gasteiger partial charge on any atom is -0.465 e. The number of hydrogen-bond acceptors (Lipinski definition) is 4. The highest BCUT2D eigenvalue weighted by molar-refractivity contribution is 7.80. The molecule has 0 amide bonds. The molecule has 122 valence electrons. The number of esters is 1. The Morgan fingerprint density at radius 1 is 1.35 bits per heavy atom. The Hall–Kier alpha value is -1.63. The van der Waals surface area contributed by atoms with E-state index in [1.807, 2.05) is 31.2 Å². The summed E-state index contributed by atoms with van der Waals surface area (Å²) >= 11 is 12.6. The van der Waals surface area contributed by atoms with Crippen LogP contribution in [0, 0.1) is 6.92 Å². The van der Waals surface area contributed by atoms with Crippen molar-refractivity contribution in [3.63, 3.8) is 0 Å². The fourth-order valence-corrected chi connectivity index (χ4v) is 3.29. The van der Waals surface area contributed by atoms with Gasteiger partial charge in [0, 0.05) is 16.4 Å². The van der Waals surface area contributed by atoms with Crippen molar-refractivity contribution >= 4 is 51.2 Å². The molecule has 0 spiro atoms. The second-order valence-corrected chi connectivity index (χ2v) is 6.95. The molecule has 1 aromatic heterocycles. The van der Waals surface area contributed by atoms with Gasteiger partial charge in [-0.05, 0) is 49.3 Å². The summed E-state index contributed by atoms with van der Waals surface area (Å²) in [5, 5.41) is 8.08. The van der Waals surface area contributed by atoms with E-state index in [9.17, 15) is 4.79 Å². The molecule has 0 radical (unpaired) electrons. The molecule has 0 aliphatic carbocycles. The Bertz CT molecular complexity index is 699. The molecule has 2 aromatic rings. The molecule has 2 N–H and O–H groups in total. The average Bonchev–Trinajstić information content (AvgIpc) is 2.89. The second kappa shape index (κ2) is 8.29. The predicted molar refractivity (Wildman–Crippen MR) is 99.8 cm³/mol. The van der Waals surface area contributed by atoms with Gasteiger partial charge >= 0.3 is 5.97 Å². The molecule has 1 aromatic carbocycles. The molecule has 0 fully saturated rings. The smallest absolute Gasteiger partial charge is 0.340 e. The van der Waals surface area contributed by atoms with Gasteiger partial charge in [0.25, 0.3) is 0 Å². The van der Waals surface area contributed by atoms with Gasteiger partial charge in [-0.1, -0.05) is 23.7 Å². The summed E-state index contributed by atoms with van der Waals surface area (Å²) in [4.78, 5) is 12.7. The Labute approximate surface area is 149 Å². The first-order valence-corrected chi connectivity index (χ1v) is 8.58. The highest BCUT2D eigenvalue weighted by Crippen LogP contribution is 2.28. The Morgan fingerprint density at radius 2 is 2.04 bits per heavy atom. The van der Waals surface area contributed by atoms with Crippen LogP contribution in [0.5, 0.6) is 0 Å². The molecule has 0 saturated heterocycles. The molecule has 0 aliphatic rings. The van der Waals surface area contributed by atoms with Crippen LogP contribution in [0.15, 0.2) is 30.3 Å². The fourth-order valence-electron chi connectivity index (χ4n) is 1.99. The van der Waals surface area contributed by atoms with Crippen molar-refractivity contribution in [2.24, 2.45) is 0 Å². The first kappa shape index (κ1) is 17.7. The molecule has 0 atom stereocenters. The van der Waals surface area contributed by atoms with Gasteiger partial charge in [-0.2, -0.15) is 0 Å². The number of halogens is 1. The molecule has 23 heavy (non-hydrogen) atoms. The van der Waals surface area contributed by atoms with Gasteiger partial charge in [0.05, 0.1) is 12.7 Å². The zero-order valence-corrected chi connectivity index (χ0v) is 15.2. The summed E-state index contributed by atoms with van der Waals surface area (Å²) in [5.74, 6) is -0.374. The van der Waals surface area contributed by atoms with Gasteiger partial charge in [-0.15, -0.1) is 11.3 Å². The van der Waals surface area contributed by atoms with E-state index in [2.05, 4.69) is 10.6 Å². The highest BCUT2D eigenvalue weighted by Gasteiger charge is 2.16. The summed E-state index contributed by atoms with van der Waals surface area (Å²) in [5.41, 5.74) is 1.67. The number of nitrogens with one attached hydrogen (secondary N) is 2. The van der Waals surface area contributed by atoms with Crippen LogP contribution in [0.25, 0.3) is 0 Å². The van der Waals surface area contributed by atoms with Gasteiger partial charge in [0.2, 0.25) is 0 Å². The van der Waals surface area contributed by atoms with Crippen molar-refractivity contribution in [2.75, 3.05) is 19.0 Å². The number of rotatable bonds is 5. The summed E-state index contributed by atoms with van der Waals surface area (Å²) in [6.07, 6.45) is 0.826. The van der Waals surface area contributed by atoms with E-state index in [1.165, 1.54) is 24.0 Å². The minimum atomic E-state index is -0.374. The van der Waals surface area contributed by atoms with Crippen LogP contribution in [0.2, 0.25) is 5.02 Å². The van der Waals surface area contributed by atoms with Crippen molar-refractivity contribution in [2.45, 2.75) is 13.3 Å². The molecule has 0 saturated carbocycles. The van der Waals surface area contributed by atoms with Gasteiger partial charge in [-0.3, -0.25) is 0 Å². The van der Waals surface area contributed by atoms with E-state index < -0.39 is 0 Å². The number of carbonyl (C=O) groups is 1. The average molecular weight is 369 g/mol. The van der Waals surface area contributed by atoms with Crippen molar-refractivity contribution in [1.82, 2.24) is 5.32 Å². The number of thiophene rings is 1. The number of methoxy groups -OCH3 is 1. The minimum absolute atomic E-state index is 0.374. The molecule has 7 heteroatoms. The van der Waals surface area contributed by atoms with Crippen LogP contribution >= 0.6 is 35.2 Å². The topological polar surface area (TPSA) is 50.4 Å². The van der Waals surface area contributed by atoms with Crippen LogP contribution < -0.4 is 10.6 Å². The number of thiocarbonyl (C=S) groups is 1. The number of anilines is 1. The van der Waals surface area contributed by atoms with E-state index in [-0.39, 0.29) is 5.97 Å². The molecule has 0 unspecified atom stereocenters. The monoisotopic (exact) mass is 368 g/mol. The van der Waals surface area contributed by atoms with E-state index in [0.29, 0.717) is 22.2 Å². The number of aryl methyl sites for hydroxylation is 1. The maximum absolute atomic E-state index is 11.7. The van der Waals surface area contributed by atoms with Crippen LogP contribution in [0.3, 0.4) is 0 Å². The lowest BCUT2D eigenvalue weighted by Gasteiger charge is -2.10. The van der Waals surface area contributed by atoms with Gasteiger partial charge in [0.1, 0.15) is 5.00 Å². The van der Waals surface area contributed by atoms with Crippen LogP contribution in [0.4, 0.5) is 5.00 Å². The van der Waals surface area contributed by atoms with E-state index in [0.717, 1.165) is 16.3 Å². The van der Waals surface area contributed by atoms with Crippen molar-refractivity contribution in [3.05, 3.63) is 51.4 Å². The molecule has 0 aliphatic heterocycles. The molecule has 1 heterocycles. The zero-order valence-electron chi connectivity index (χ0n) is 12.8. The first-order chi connectivity index (χ1) is 11.0. The van der Waals surface area contributed by atoms with Gasteiger partial charge < -0.3 is 15.4 Å². The van der Waals surface area contributed by atoms with Crippen LogP contribution in [0.1, 0.15) is 20.8 Å². The third kappa shape index (κ3) is 5.20. The van der Waals surface area contributed by atoms with Crippen LogP contribution in [-0.4, -0.2) is 24.7 Å². The number of hydrogen-bond donors (Lipinski definition) is 2. The van der Waals surface area contributed by atoms with Gasteiger partial charge in [0.15, 0.2) is 5.11 Å². The maximum atomic E-state index is 11.7.